The predicted octanol–water partition coefficient (Wildman–Crippen LogP) is 14.4. The van der Waals surface area contributed by atoms with Crippen LogP contribution >= 0.6 is 0 Å². The molecular formula is C47H86O5. The van der Waals surface area contributed by atoms with Gasteiger partial charge in [-0.3, -0.25) is 9.59 Å². The van der Waals surface area contributed by atoms with E-state index in [1.165, 1.54) is 154 Å². The summed E-state index contributed by atoms with van der Waals surface area (Å²) in [7, 11) is 0. The second-order valence-electron chi connectivity index (χ2n) is 15.1. The van der Waals surface area contributed by atoms with E-state index in [1.54, 1.807) is 0 Å². The SMILES string of the molecule is CCCCC/C=C/C/C=C/CCCCCCCCCC(=O)O[C@@H](CO)COC(=O)CCCCCCCCCCCCC/C=C/CCCCCCCC. The van der Waals surface area contributed by atoms with Crippen molar-refractivity contribution in [2.75, 3.05) is 13.2 Å². The van der Waals surface area contributed by atoms with Gasteiger partial charge >= 0.3 is 11.9 Å². The van der Waals surface area contributed by atoms with Crippen LogP contribution in [-0.4, -0.2) is 36.4 Å². The molecule has 5 nitrogen and oxygen atoms in total. The van der Waals surface area contributed by atoms with Gasteiger partial charge in [-0.05, 0) is 70.6 Å². The van der Waals surface area contributed by atoms with E-state index in [9.17, 15) is 14.7 Å². The first-order valence-electron chi connectivity index (χ1n) is 22.5. The third kappa shape index (κ3) is 40.9. The van der Waals surface area contributed by atoms with Gasteiger partial charge in [-0.2, -0.15) is 0 Å². The molecule has 0 aliphatic carbocycles. The molecule has 0 aromatic heterocycles. The number of hydrogen-bond acceptors (Lipinski definition) is 5. The Hall–Kier alpha value is -1.88. The molecule has 52 heavy (non-hydrogen) atoms. The fourth-order valence-corrected chi connectivity index (χ4v) is 6.46. The molecule has 0 fully saturated rings. The standard InChI is InChI=1S/C47H86O5/c1-3-5-7-9-11-13-15-17-19-21-22-23-24-26-27-29-31-33-35-37-39-41-46(49)51-44-45(43-48)52-47(50)42-40-38-36-34-32-30-28-25-20-18-16-14-12-10-8-6-4-2/h12,14,17-20,45,48H,3-11,13,15-16,21-44H2,1-2H3/b14-12+,19-17+,20-18+/t45-/m0/s1. The van der Waals surface area contributed by atoms with Gasteiger partial charge in [0.25, 0.3) is 0 Å². The summed E-state index contributed by atoms with van der Waals surface area (Å²) in [5.74, 6) is -0.594. The van der Waals surface area contributed by atoms with Crippen molar-refractivity contribution in [2.45, 2.75) is 238 Å². The van der Waals surface area contributed by atoms with E-state index in [2.05, 4.69) is 50.3 Å². The van der Waals surface area contributed by atoms with Crippen LogP contribution in [0.3, 0.4) is 0 Å². The Bertz CT molecular complexity index is 832. The van der Waals surface area contributed by atoms with Gasteiger partial charge < -0.3 is 14.6 Å². The van der Waals surface area contributed by atoms with Crippen molar-refractivity contribution < 1.29 is 24.2 Å². The van der Waals surface area contributed by atoms with Crippen molar-refractivity contribution in [1.29, 1.82) is 0 Å². The summed E-state index contributed by atoms with van der Waals surface area (Å²) in [5.41, 5.74) is 0. The first-order chi connectivity index (χ1) is 25.6. The van der Waals surface area contributed by atoms with Gasteiger partial charge in [-0.15, -0.1) is 0 Å². The largest absolute Gasteiger partial charge is 0.462 e. The van der Waals surface area contributed by atoms with Gasteiger partial charge in [0, 0.05) is 12.8 Å². The smallest absolute Gasteiger partial charge is 0.306 e. The molecule has 0 saturated heterocycles. The summed E-state index contributed by atoms with van der Waals surface area (Å²) in [6.45, 7) is 4.12. The molecule has 304 valence electrons. The molecule has 0 radical (unpaired) electrons. The maximum Gasteiger partial charge on any atom is 0.306 e. The topological polar surface area (TPSA) is 72.8 Å². The zero-order valence-electron chi connectivity index (χ0n) is 34.6. The minimum atomic E-state index is -0.774. The minimum Gasteiger partial charge on any atom is -0.462 e. The number of rotatable bonds is 41. The molecule has 0 aromatic carbocycles. The molecule has 0 spiro atoms. The van der Waals surface area contributed by atoms with Crippen LogP contribution < -0.4 is 0 Å². The Morgan fingerprint density at radius 3 is 1.19 bits per heavy atom. The van der Waals surface area contributed by atoms with Crippen LogP contribution in [-0.2, 0) is 19.1 Å². The number of aliphatic hydroxyl groups is 1. The maximum absolute atomic E-state index is 12.2. The van der Waals surface area contributed by atoms with E-state index < -0.39 is 6.10 Å². The van der Waals surface area contributed by atoms with Crippen molar-refractivity contribution in [3.63, 3.8) is 0 Å². The molecule has 0 aromatic rings. The molecule has 0 bridgehead atoms. The molecule has 1 N–H and O–H groups in total. The highest BCUT2D eigenvalue weighted by molar-refractivity contribution is 5.70. The van der Waals surface area contributed by atoms with E-state index in [-0.39, 0.29) is 25.2 Å². The van der Waals surface area contributed by atoms with Gasteiger partial charge in [0.15, 0.2) is 6.10 Å². The van der Waals surface area contributed by atoms with Gasteiger partial charge in [0.05, 0.1) is 6.61 Å². The molecule has 0 rings (SSSR count). The maximum atomic E-state index is 12.2. The fourth-order valence-electron chi connectivity index (χ4n) is 6.46. The zero-order valence-corrected chi connectivity index (χ0v) is 34.6. The van der Waals surface area contributed by atoms with Crippen molar-refractivity contribution in [3.8, 4) is 0 Å². The van der Waals surface area contributed by atoms with Crippen molar-refractivity contribution in [2.24, 2.45) is 0 Å². The van der Waals surface area contributed by atoms with E-state index in [1.807, 2.05) is 0 Å². The van der Waals surface area contributed by atoms with E-state index in [4.69, 9.17) is 9.47 Å². The van der Waals surface area contributed by atoms with Crippen LogP contribution in [0, 0.1) is 0 Å². The summed E-state index contributed by atoms with van der Waals surface area (Å²) < 4.78 is 10.6. The third-order valence-corrected chi connectivity index (χ3v) is 9.91. The summed E-state index contributed by atoms with van der Waals surface area (Å²) in [4.78, 5) is 24.3. The molecule has 5 heteroatoms. The van der Waals surface area contributed by atoms with Gasteiger partial charge in [0.1, 0.15) is 6.61 Å². The average Bonchev–Trinajstić information content (AvgIpc) is 3.15. The van der Waals surface area contributed by atoms with E-state index in [0.717, 1.165) is 51.4 Å². The second kappa shape index (κ2) is 43.5. The summed E-state index contributed by atoms with van der Waals surface area (Å²) in [6.07, 6.45) is 53.6. The number of esters is 2. The van der Waals surface area contributed by atoms with Crippen LogP contribution in [0.25, 0.3) is 0 Å². The highest BCUT2D eigenvalue weighted by Gasteiger charge is 2.16. The summed E-state index contributed by atoms with van der Waals surface area (Å²) in [5, 5.41) is 9.59. The average molecular weight is 731 g/mol. The Morgan fingerprint density at radius 1 is 0.442 bits per heavy atom. The van der Waals surface area contributed by atoms with Crippen molar-refractivity contribution in [3.05, 3.63) is 36.5 Å². The number of carbonyl (C=O) groups is 2. The fraction of sp³-hybridized carbons (Fsp3) is 0.830. The minimum absolute atomic E-state index is 0.0675. The predicted molar refractivity (Wildman–Crippen MR) is 224 cm³/mol. The number of allylic oxidation sites excluding steroid dienone is 6. The first-order valence-corrected chi connectivity index (χ1v) is 22.5. The van der Waals surface area contributed by atoms with Crippen LogP contribution in [0.1, 0.15) is 232 Å². The summed E-state index contributed by atoms with van der Waals surface area (Å²) >= 11 is 0. The normalized spacial score (nSPS) is 12.4. The molecule has 0 heterocycles. The van der Waals surface area contributed by atoms with Crippen molar-refractivity contribution in [1.82, 2.24) is 0 Å². The number of ether oxygens (including phenoxy) is 2. The lowest BCUT2D eigenvalue weighted by atomic mass is 10.0. The van der Waals surface area contributed by atoms with Gasteiger partial charge in [-0.1, -0.05) is 185 Å². The molecule has 0 unspecified atom stereocenters. The van der Waals surface area contributed by atoms with Gasteiger partial charge in [0.2, 0.25) is 0 Å². The zero-order chi connectivity index (χ0) is 37.8. The highest BCUT2D eigenvalue weighted by Crippen LogP contribution is 2.15. The van der Waals surface area contributed by atoms with Crippen LogP contribution in [0.5, 0.6) is 0 Å². The van der Waals surface area contributed by atoms with Crippen LogP contribution in [0.2, 0.25) is 0 Å². The van der Waals surface area contributed by atoms with Crippen LogP contribution in [0.15, 0.2) is 36.5 Å². The van der Waals surface area contributed by atoms with Crippen LogP contribution in [0.4, 0.5) is 0 Å². The lowest BCUT2D eigenvalue weighted by Gasteiger charge is -2.15. The lowest BCUT2D eigenvalue weighted by molar-refractivity contribution is -0.161. The number of aliphatic hydroxyl groups excluding tert-OH is 1. The molecule has 0 aliphatic rings. The molecular weight excluding hydrogens is 645 g/mol. The lowest BCUT2D eigenvalue weighted by Crippen LogP contribution is -2.28. The third-order valence-electron chi connectivity index (χ3n) is 9.91. The number of unbranched alkanes of at least 4 members (excludes halogenated alkanes) is 27. The van der Waals surface area contributed by atoms with Gasteiger partial charge in [-0.25, -0.2) is 0 Å². The molecule has 0 aliphatic heterocycles. The molecule has 0 saturated carbocycles. The molecule has 0 amide bonds. The number of hydrogen-bond donors (Lipinski definition) is 1. The Morgan fingerprint density at radius 2 is 0.769 bits per heavy atom. The number of carbonyl (C=O) groups excluding carboxylic acids is 2. The molecule has 1 atom stereocenters. The van der Waals surface area contributed by atoms with E-state index in [0.29, 0.717) is 12.8 Å². The first kappa shape index (κ1) is 50.1. The summed E-state index contributed by atoms with van der Waals surface area (Å²) in [6, 6.07) is 0. The van der Waals surface area contributed by atoms with E-state index >= 15 is 0 Å². The quantitative estimate of drug-likeness (QED) is 0.0385. The highest BCUT2D eigenvalue weighted by atomic mass is 16.6. The Balaban J connectivity index is 3.51. The Labute approximate surface area is 323 Å². The monoisotopic (exact) mass is 731 g/mol. The Kier molecular flexibility index (Phi) is 42.0. The van der Waals surface area contributed by atoms with Crippen molar-refractivity contribution >= 4 is 11.9 Å². The second-order valence-corrected chi connectivity index (χ2v) is 15.1.